The van der Waals surface area contributed by atoms with E-state index in [1.807, 2.05) is 48.3 Å². The largest absolute Gasteiger partial charge is 0.339 e. The highest BCUT2D eigenvalue weighted by Gasteiger charge is 2.21. The van der Waals surface area contributed by atoms with Crippen LogP contribution in [0, 0.1) is 17.1 Å². The minimum atomic E-state index is -0.336. The first-order valence-electron chi connectivity index (χ1n) is 10.4. The molecule has 1 aromatic heterocycles. The van der Waals surface area contributed by atoms with Gasteiger partial charge in [0, 0.05) is 37.3 Å². The van der Waals surface area contributed by atoms with E-state index in [-0.39, 0.29) is 17.5 Å². The molecule has 32 heavy (non-hydrogen) atoms. The van der Waals surface area contributed by atoms with E-state index in [1.165, 1.54) is 23.9 Å². The molecule has 2 heterocycles. The fraction of sp³-hybridized carbons (Fsp3) is 0.240. The number of hydrogen-bond acceptors (Lipinski definition) is 5. The molecule has 1 saturated heterocycles. The van der Waals surface area contributed by atoms with Crippen molar-refractivity contribution in [3.63, 3.8) is 0 Å². The van der Waals surface area contributed by atoms with Gasteiger partial charge in [-0.1, -0.05) is 54.2 Å². The molecule has 0 bridgehead atoms. The van der Waals surface area contributed by atoms with Gasteiger partial charge in [-0.3, -0.25) is 4.79 Å². The van der Waals surface area contributed by atoms with Crippen molar-refractivity contribution in [2.75, 3.05) is 39.0 Å². The van der Waals surface area contributed by atoms with Crippen molar-refractivity contribution >= 4 is 17.7 Å². The van der Waals surface area contributed by atoms with Gasteiger partial charge in [0.05, 0.1) is 17.0 Å². The van der Waals surface area contributed by atoms with E-state index in [0.29, 0.717) is 34.9 Å². The summed E-state index contributed by atoms with van der Waals surface area (Å²) in [5.41, 5.74) is 3.42. The van der Waals surface area contributed by atoms with Crippen LogP contribution in [0.3, 0.4) is 0 Å². The maximum atomic E-state index is 13.5. The standard InChI is InChI=1S/C25H23FN4OS/c1-29-11-13-30(14-12-29)24(31)17-32-25-22(16-27)21(18-7-9-20(26)10-8-18)15-23(28-25)19-5-3-2-4-6-19/h2-10,15H,11-14,17H2,1H3. The number of pyridine rings is 1. The zero-order chi connectivity index (χ0) is 22.5. The third-order valence-corrected chi connectivity index (χ3v) is 6.47. The maximum Gasteiger partial charge on any atom is 0.233 e. The smallest absolute Gasteiger partial charge is 0.233 e. The number of amides is 1. The van der Waals surface area contributed by atoms with E-state index in [4.69, 9.17) is 4.98 Å². The molecule has 0 unspecified atom stereocenters. The van der Waals surface area contributed by atoms with Gasteiger partial charge in [-0.05, 0) is 30.8 Å². The van der Waals surface area contributed by atoms with Crippen molar-refractivity contribution in [2.45, 2.75) is 5.03 Å². The van der Waals surface area contributed by atoms with Crippen LogP contribution in [0.25, 0.3) is 22.4 Å². The highest BCUT2D eigenvalue weighted by molar-refractivity contribution is 8.00. The molecule has 0 atom stereocenters. The lowest BCUT2D eigenvalue weighted by atomic mass is 9.99. The molecule has 0 N–H and O–H groups in total. The van der Waals surface area contributed by atoms with Gasteiger partial charge in [0.1, 0.15) is 16.9 Å². The van der Waals surface area contributed by atoms with Crippen molar-refractivity contribution in [3.05, 3.63) is 72.0 Å². The summed E-state index contributed by atoms with van der Waals surface area (Å²) < 4.78 is 13.5. The summed E-state index contributed by atoms with van der Waals surface area (Å²) in [4.78, 5) is 21.6. The van der Waals surface area contributed by atoms with Crippen LogP contribution in [-0.4, -0.2) is 59.7 Å². The summed E-state index contributed by atoms with van der Waals surface area (Å²) in [6.07, 6.45) is 0. The minimum absolute atomic E-state index is 0.0437. The Balaban J connectivity index is 1.68. The number of piperazine rings is 1. The van der Waals surface area contributed by atoms with Gasteiger partial charge in [0.2, 0.25) is 5.91 Å². The molecule has 1 aliphatic rings. The number of halogens is 1. The Labute approximate surface area is 191 Å². The molecular formula is C25H23FN4OS. The first kappa shape index (κ1) is 22.0. The lowest BCUT2D eigenvalue weighted by Gasteiger charge is -2.32. The molecule has 1 fully saturated rings. The fourth-order valence-corrected chi connectivity index (χ4v) is 4.53. The summed E-state index contributed by atoms with van der Waals surface area (Å²) in [6.45, 7) is 3.13. The number of carbonyl (C=O) groups is 1. The molecule has 1 amide bonds. The van der Waals surface area contributed by atoms with Crippen molar-refractivity contribution in [1.29, 1.82) is 5.26 Å². The number of hydrogen-bond donors (Lipinski definition) is 0. The Kier molecular flexibility index (Phi) is 6.84. The zero-order valence-electron chi connectivity index (χ0n) is 17.8. The first-order chi connectivity index (χ1) is 15.5. The average molecular weight is 447 g/mol. The second-order valence-electron chi connectivity index (χ2n) is 7.69. The Morgan fingerprint density at radius 2 is 1.75 bits per heavy atom. The molecule has 0 spiro atoms. The molecule has 3 aromatic rings. The molecule has 5 nitrogen and oxygen atoms in total. The van der Waals surface area contributed by atoms with Gasteiger partial charge in [-0.15, -0.1) is 0 Å². The average Bonchev–Trinajstić information content (AvgIpc) is 2.83. The number of carbonyl (C=O) groups excluding carboxylic acids is 1. The van der Waals surface area contributed by atoms with E-state index >= 15 is 0 Å². The highest BCUT2D eigenvalue weighted by atomic mass is 32.2. The number of nitrogens with zero attached hydrogens (tertiary/aromatic N) is 4. The highest BCUT2D eigenvalue weighted by Crippen LogP contribution is 2.34. The van der Waals surface area contributed by atoms with Gasteiger partial charge >= 0.3 is 0 Å². The Morgan fingerprint density at radius 1 is 1.06 bits per heavy atom. The van der Waals surface area contributed by atoms with Crippen LogP contribution >= 0.6 is 11.8 Å². The van der Waals surface area contributed by atoms with Crippen LogP contribution in [0.2, 0.25) is 0 Å². The molecule has 1 aliphatic heterocycles. The normalized spacial score (nSPS) is 14.2. The predicted octanol–water partition coefficient (Wildman–Crippen LogP) is 4.29. The molecule has 7 heteroatoms. The van der Waals surface area contributed by atoms with E-state index in [1.54, 1.807) is 12.1 Å². The molecule has 0 radical (unpaired) electrons. The van der Waals surface area contributed by atoms with E-state index in [2.05, 4.69) is 11.0 Å². The van der Waals surface area contributed by atoms with Crippen molar-refractivity contribution in [1.82, 2.24) is 14.8 Å². The quantitative estimate of drug-likeness (QED) is 0.547. The van der Waals surface area contributed by atoms with Crippen LogP contribution < -0.4 is 0 Å². The summed E-state index contributed by atoms with van der Waals surface area (Å²) in [5, 5.41) is 10.5. The maximum absolute atomic E-state index is 13.5. The SMILES string of the molecule is CN1CCN(C(=O)CSc2nc(-c3ccccc3)cc(-c3ccc(F)cc3)c2C#N)CC1. The summed E-state index contributed by atoms with van der Waals surface area (Å²) in [6, 6.07) is 19.9. The summed E-state index contributed by atoms with van der Waals surface area (Å²) in [7, 11) is 2.05. The monoisotopic (exact) mass is 446 g/mol. The number of rotatable bonds is 5. The van der Waals surface area contributed by atoms with Crippen LogP contribution in [0.15, 0.2) is 65.7 Å². The fourth-order valence-electron chi connectivity index (χ4n) is 3.63. The first-order valence-corrected chi connectivity index (χ1v) is 11.4. The number of nitriles is 1. The number of thioether (sulfide) groups is 1. The topological polar surface area (TPSA) is 60.2 Å². The third kappa shape index (κ3) is 4.98. The molecule has 162 valence electrons. The van der Waals surface area contributed by atoms with E-state index in [9.17, 15) is 14.4 Å². The van der Waals surface area contributed by atoms with Gasteiger partial charge in [0.25, 0.3) is 0 Å². The van der Waals surface area contributed by atoms with Gasteiger partial charge in [0.15, 0.2) is 0 Å². The van der Waals surface area contributed by atoms with Crippen molar-refractivity contribution in [3.8, 4) is 28.5 Å². The van der Waals surface area contributed by atoms with Crippen LogP contribution in [0.4, 0.5) is 4.39 Å². The molecule has 0 aliphatic carbocycles. The molecular weight excluding hydrogens is 423 g/mol. The van der Waals surface area contributed by atoms with Crippen molar-refractivity contribution < 1.29 is 9.18 Å². The lowest BCUT2D eigenvalue weighted by Crippen LogP contribution is -2.47. The van der Waals surface area contributed by atoms with Gasteiger partial charge in [-0.2, -0.15) is 5.26 Å². The third-order valence-electron chi connectivity index (χ3n) is 5.51. The van der Waals surface area contributed by atoms with E-state index in [0.717, 1.165) is 24.2 Å². The second-order valence-corrected chi connectivity index (χ2v) is 8.66. The zero-order valence-corrected chi connectivity index (χ0v) is 18.6. The van der Waals surface area contributed by atoms with Gasteiger partial charge < -0.3 is 9.80 Å². The Hall–Kier alpha value is -3.21. The molecule has 4 rings (SSSR count). The lowest BCUT2D eigenvalue weighted by molar-refractivity contribution is -0.129. The summed E-state index contributed by atoms with van der Waals surface area (Å²) in [5.74, 6) is -0.0776. The Bertz CT molecular complexity index is 1140. The predicted molar refractivity (Wildman–Crippen MR) is 125 cm³/mol. The Morgan fingerprint density at radius 3 is 2.41 bits per heavy atom. The van der Waals surface area contributed by atoms with Crippen LogP contribution in [0.5, 0.6) is 0 Å². The van der Waals surface area contributed by atoms with Crippen molar-refractivity contribution in [2.24, 2.45) is 0 Å². The molecule has 0 saturated carbocycles. The number of aromatic nitrogens is 1. The van der Waals surface area contributed by atoms with Crippen LogP contribution in [-0.2, 0) is 4.79 Å². The summed E-state index contributed by atoms with van der Waals surface area (Å²) >= 11 is 1.28. The van der Waals surface area contributed by atoms with Gasteiger partial charge in [-0.25, -0.2) is 9.37 Å². The number of benzene rings is 2. The van der Waals surface area contributed by atoms with Crippen LogP contribution in [0.1, 0.15) is 5.56 Å². The minimum Gasteiger partial charge on any atom is -0.339 e. The molecule has 2 aromatic carbocycles. The second kappa shape index (κ2) is 9.94. The van der Waals surface area contributed by atoms with E-state index < -0.39 is 0 Å². The number of likely N-dealkylation sites (N-methyl/N-ethyl adjacent to an activating group) is 1.